The fourth-order valence-corrected chi connectivity index (χ4v) is 5.32. The molecule has 0 saturated heterocycles. The van der Waals surface area contributed by atoms with Crippen LogP contribution in [0.15, 0.2) is 66.1 Å². The van der Waals surface area contributed by atoms with Gasteiger partial charge in [-0.1, -0.05) is 32.0 Å². The SMILES string of the molecule is CCN(C)C(=O)c1ncccc1C1C(C(=O)CC(C)C)=C(O)C(=O)N1c1ccc(-c2ccc(C)s2)cc1. The van der Waals surface area contributed by atoms with E-state index in [1.54, 1.807) is 42.6 Å². The number of benzene rings is 1. The molecule has 192 valence electrons. The van der Waals surface area contributed by atoms with Gasteiger partial charge in [0, 0.05) is 47.2 Å². The molecule has 8 heteroatoms. The number of aliphatic hydroxyl groups is 1. The van der Waals surface area contributed by atoms with Gasteiger partial charge >= 0.3 is 0 Å². The zero-order valence-electron chi connectivity index (χ0n) is 21.7. The van der Waals surface area contributed by atoms with Crippen LogP contribution in [0.2, 0.25) is 0 Å². The smallest absolute Gasteiger partial charge is 0.294 e. The molecule has 37 heavy (non-hydrogen) atoms. The molecule has 2 aromatic heterocycles. The summed E-state index contributed by atoms with van der Waals surface area (Å²) < 4.78 is 0. The van der Waals surface area contributed by atoms with E-state index >= 15 is 0 Å². The van der Waals surface area contributed by atoms with Crippen LogP contribution in [0.4, 0.5) is 5.69 Å². The first-order valence-corrected chi connectivity index (χ1v) is 13.1. The molecule has 0 aliphatic carbocycles. The molecule has 1 N–H and O–H groups in total. The number of ketones is 1. The summed E-state index contributed by atoms with van der Waals surface area (Å²) in [5, 5.41) is 11.0. The van der Waals surface area contributed by atoms with E-state index in [9.17, 15) is 19.5 Å². The highest BCUT2D eigenvalue weighted by atomic mass is 32.1. The Morgan fingerprint density at radius 2 is 1.84 bits per heavy atom. The van der Waals surface area contributed by atoms with Crippen molar-refractivity contribution in [2.45, 2.75) is 40.2 Å². The second-order valence-electron chi connectivity index (χ2n) is 9.58. The van der Waals surface area contributed by atoms with Crippen molar-refractivity contribution in [3.8, 4) is 10.4 Å². The molecule has 0 fully saturated rings. The maximum atomic E-state index is 13.5. The van der Waals surface area contributed by atoms with Crippen molar-refractivity contribution in [2.24, 2.45) is 5.92 Å². The van der Waals surface area contributed by atoms with Gasteiger partial charge in [0.15, 0.2) is 11.5 Å². The Morgan fingerprint density at radius 1 is 1.14 bits per heavy atom. The third-order valence-electron chi connectivity index (χ3n) is 6.43. The van der Waals surface area contributed by atoms with Gasteiger partial charge in [-0.2, -0.15) is 0 Å². The highest BCUT2D eigenvalue weighted by Crippen LogP contribution is 2.43. The lowest BCUT2D eigenvalue weighted by atomic mass is 9.91. The van der Waals surface area contributed by atoms with E-state index in [2.05, 4.69) is 11.1 Å². The van der Waals surface area contributed by atoms with Crippen LogP contribution in [0.3, 0.4) is 0 Å². The Kier molecular flexibility index (Phi) is 7.59. The van der Waals surface area contributed by atoms with E-state index in [1.165, 1.54) is 20.9 Å². The number of anilines is 1. The van der Waals surface area contributed by atoms with Gasteiger partial charge in [0.2, 0.25) is 0 Å². The first-order chi connectivity index (χ1) is 17.6. The molecule has 1 atom stereocenters. The number of aromatic nitrogens is 1. The molecule has 0 bridgehead atoms. The van der Waals surface area contributed by atoms with E-state index in [-0.39, 0.29) is 35.3 Å². The van der Waals surface area contributed by atoms with Crippen LogP contribution >= 0.6 is 11.3 Å². The number of Topliss-reactive ketones (excluding diaryl/α,β-unsaturated/α-hetero) is 1. The molecule has 0 spiro atoms. The Bertz CT molecular complexity index is 1370. The molecule has 7 nitrogen and oxygen atoms in total. The number of aliphatic hydroxyl groups excluding tert-OH is 1. The molecule has 1 unspecified atom stereocenters. The second kappa shape index (κ2) is 10.7. The van der Waals surface area contributed by atoms with Crippen molar-refractivity contribution in [3.05, 3.63) is 82.2 Å². The van der Waals surface area contributed by atoms with Crippen molar-refractivity contribution in [2.75, 3.05) is 18.5 Å². The molecule has 0 radical (unpaired) electrons. The monoisotopic (exact) mass is 517 g/mol. The lowest BCUT2D eigenvalue weighted by Gasteiger charge is -2.29. The first kappa shape index (κ1) is 26.3. The van der Waals surface area contributed by atoms with Gasteiger partial charge in [-0.15, -0.1) is 11.3 Å². The van der Waals surface area contributed by atoms with Crippen molar-refractivity contribution in [3.63, 3.8) is 0 Å². The summed E-state index contributed by atoms with van der Waals surface area (Å²) in [6.45, 7) is 8.17. The predicted molar refractivity (Wildman–Crippen MR) is 146 cm³/mol. The van der Waals surface area contributed by atoms with Crippen LogP contribution in [-0.4, -0.2) is 46.2 Å². The van der Waals surface area contributed by atoms with Gasteiger partial charge in [-0.25, -0.2) is 0 Å². The predicted octanol–water partition coefficient (Wildman–Crippen LogP) is 5.73. The summed E-state index contributed by atoms with van der Waals surface area (Å²) in [5.74, 6) is -1.89. The second-order valence-corrected chi connectivity index (χ2v) is 10.9. The molecular weight excluding hydrogens is 486 g/mol. The van der Waals surface area contributed by atoms with Crippen molar-refractivity contribution in [1.82, 2.24) is 9.88 Å². The average molecular weight is 518 g/mol. The van der Waals surface area contributed by atoms with Crippen molar-refractivity contribution < 1.29 is 19.5 Å². The zero-order valence-corrected chi connectivity index (χ0v) is 22.5. The number of pyridine rings is 1. The Morgan fingerprint density at radius 3 is 2.43 bits per heavy atom. The van der Waals surface area contributed by atoms with Crippen LogP contribution in [-0.2, 0) is 9.59 Å². The van der Waals surface area contributed by atoms with E-state index < -0.39 is 17.7 Å². The number of hydrogen-bond acceptors (Lipinski definition) is 6. The average Bonchev–Trinajstić information content (AvgIpc) is 3.43. The van der Waals surface area contributed by atoms with E-state index in [1.807, 2.05) is 45.9 Å². The van der Waals surface area contributed by atoms with Gasteiger partial charge < -0.3 is 10.0 Å². The molecule has 3 heterocycles. The maximum Gasteiger partial charge on any atom is 0.294 e. The number of nitrogens with zero attached hydrogens (tertiary/aromatic N) is 3. The number of thiophene rings is 1. The van der Waals surface area contributed by atoms with Crippen molar-refractivity contribution >= 4 is 34.6 Å². The quantitative estimate of drug-likeness (QED) is 0.412. The largest absolute Gasteiger partial charge is 0.503 e. The van der Waals surface area contributed by atoms with Gasteiger partial charge in [-0.3, -0.25) is 24.3 Å². The third-order valence-corrected chi connectivity index (χ3v) is 7.48. The summed E-state index contributed by atoms with van der Waals surface area (Å²) in [6, 6.07) is 13.9. The fourth-order valence-electron chi connectivity index (χ4n) is 4.45. The number of carbonyl (C=O) groups is 3. The lowest BCUT2D eigenvalue weighted by Crippen LogP contribution is -2.34. The van der Waals surface area contributed by atoms with E-state index in [0.717, 1.165) is 10.4 Å². The third kappa shape index (κ3) is 5.06. The summed E-state index contributed by atoms with van der Waals surface area (Å²) in [7, 11) is 1.67. The summed E-state index contributed by atoms with van der Waals surface area (Å²) in [6.07, 6.45) is 1.67. The van der Waals surface area contributed by atoms with Gasteiger partial charge in [-0.05, 0) is 55.7 Å². The van der Waals surface area contributed by atoms with Crippen LogP contribution < -0.4 is 4.90 Å². The summed E-state index contributed by atoms with van der Waals surface area (Å²) in [5.41, 5.74) is 2.05. The number of carbonyl (C=O) groups excluding carboxylic acids is 3. The van der Waals surface area contributed by atoms with Crippen LogP contribution in [0.1, 0.15) is 54.2 Å². The van der Waals surface area contributed by atoms with Gasteiger partial charge in [0.1, 0.15) is 5.69 Å². The Balaban J connectivity index is 1.85. The highest BCUT2D eigenvalue weighted by molar-refractivity contribution is 7.15. The standard InChI is InChI=1S/C29H31N3O4S/c1-6-31(5)28(35)25-21(8-7-15-30-25)26-24(22(33)16-17(2)3)27(34)29(36)32(26)20-12-10-19(11-13-20)23-14-9-18(4)37-23/h7-15,17,26,34H,6,16H2,1-5H3. The van der Waals surface area contributed by atoms with Gasteiger partial charge in [0.25, 0.3) is 11.8 Å². The van der Waals surface area contributed by atoms with E-state index in [4.69, 9.17) is 0 Å². The molecule has 1 aliphatic heterocycles. The maximum absolute atomic E-state index is 13.5. The molecule has 1 aromatic carbocycles. The number of amides is 2. The number of hydrogen-bond donors (Lipinski definition) is 1. The minimum Gasteiger partial charge on any atom is -0.503 e. The summed E-state index contributed by atoms with van der Waals surface area (Å²) in [4.78, 5) is 49.6. The Hall–Kier alpha value is -3.78. The topological polar surface area (TPSA) is 90.8 Å². The molecule has 0 saturated carbocycles. The normalized spacial score (nSPS) is 15.6. The fraction of sp³-hybridized carbons (Fsp3) is 0.310. The minimum absolute atomic E-state index is 0.00198. The highest BCUT2D eigenvalue weighted by Gasteiger charge is 2.45. The number of aryl methyl sites for hydroxylation is 1. The van der Waals surface area contributed by atoms with Crippen LogP contribution in [0.5, 0.6) is 0 Å². The lowest BCUT2D eigenvalue weighted by molar-refractivity contribution is -0.118. The van der Waals surface area contributed by atoms with Crippen LogP contribution in [0, 0.1) is 12.8 Å². The molecule has 3 aromatic rings. The molecular formula is C29H31N3O4S. The van der Waals surface area contributed by atoms with Gasteiger partial charge in [0.05, 0.1) is 11.6 Å². The summed E-state index contributed by atoms with van der Waals surface area (Å²) >= 11 is 1.67. The van der Waals surface area contributed by atoms with Crippen molar-refractivity contribution in [1.29, 1.82) is 0 Å². The van der Waals surface area contributed by atoms with E-state index in [0.29, 0.717) is 17.8 Å². The first-order valence-electron chi connectivity index (χ1n) is 12.3. The molecule has 1 aliphatic rings. The van der Waals surface area contributed by atoms with Crippen LogP contribution in [0.25, 0.3) is 10.4 Å². The minimum atomic E-state index is -0.980. The molecule has 2 amide bonds. The number of rotatable bonds is 8. The Labute approximate surface area is 221 Å². The zero-order chi connectivity index (χ0) is 26.9. The molecule has 4 rings (SSSR count).